The van der Waals surface area contributed by atoms with Gasteiger partial charge in [0, 0.05) is 12.1 Å². The minimum atomic E-state index is 0.790. The summed E-state index contributed by atoms with van der Waals surface area (Å²) < 4.78 is 0. The standard InChI is InChI=1S/C10H19NS/c1-8(9-2-3-9)11-10-4-6-12-7-5-10/h8-11H,2-7H2,1H3. The lowest BCUT2D eigenvalue weighted by Gasteiger charge is -2.26. The third-order valence-corrected chi connectivity index (χ3v) is 4.10. The number of nitrogens with one attached hydrogen (secondary N) is 1. The summed E-state index contributed by atoms with van der Waals surface area (Å²) in [6.07, 6.45) is 5.72. The van der Waals surface area contributed by atoms with Gasteiger partial charge in [0.05, 0.1) is 0 Å². The maximum atomic E-state index is 3.77. The smallest absolute Gasteiger partial charge is 0.00853 e. The Hall–Kier alpha value is 0.310. The lowest BCUT2D eigenvalue weighted by molar-refractivity contribution is 0.396. The summed E-state index contributed by atoms with van der Waals surface area (Å²) in [5, 5.41) is 3.77. The van der Waals surface area contributed by atoms with Crippen molar-refractivity contribution in [1.82, 2.24) is 5.32 Å². The van der Waals surface area contributed by atoms with E-state index in [1.165, 1.54) is 37.2 Å². The summed E-state index contributed by atoms with van der Waals surface area (Å²) in [6, 6.07) is 1.62. The SMILES string of the molecule is CC(NC1CCSCC1)C1CC1. The van der Waals surface area contributed by atoms with Crippen LogP contribution in [0.5, 0.6) is 0 Å². The molecule has 0 aromatic heterocycles. The maximum absolute atomic E-state index is 3.77. The second kappa shape index (κ2) is 4.01. The summed E-state index contributed by atoms with van der Waals surface area (Å²) >= 11 is 2.11. The van der Waals surface area contributed by atoms with Gasteiger partial charge < -0.3 is 5.32 Å². The molecule has 2 aliphatic rings. The summed E-state index contributed by atoms with van der Waals surface area (Å²) in [5.41, 5.74) is 0. The molecule has 0 spiro atoms. The summed E-state index contributed by atoms with van der Waals surface area (Å²) in [4.78, 5) is 0. The van der Waals surface area contributed by atoms with Gasteiger partial charge in [-0.1, -0.05) is 0 Å². The van der Waals surface area contributed by atoms with Gasteiger partial charge in [-0.25, -0.2) is 0 Å². The van der Waals surface area contributed by atoms with Gasteiger partial charge in [-0.05, 0) is 50.0 Å². The molecule has 1 heterocycles. The molecule has 0 aromatic carbocycles. The van der Waals surface area contributed by atoms with Crippen molar-refractivity contribution in [3.05, 3.63) is 0 Å². The van der Waals surface area contributed by atoms with E-state index in [4.69, 9.17) is 0 Å². The van der Waals surface area contributed by atoms with E-state index in [1.807, 2.05) is 0 Å². The van der Waals surface area contributed by atoms with Gasteiger partial charge in [0.25, 0.3) is 0 Å². The molecule has 1 unspecified atom stereocenters. The van der Waals surface area contributed by atoms with Crippen LogP contribution in [0, 0.1) is 5.92 Å². The molecule has 2 fully saturated rings. The highest BCUT2D eigenvalue weighted by atomic mass is 32.2. The van der Waals surface area contributed by atoms with Crippen LogP contribution in [0.4, 0.5) is 0 Å². The molecular weight excluding hydrogens is 166 g/mol. The van der Waals surface area contributed by atoms with E-state index in [2.05, 4.69) is 24.0 Å². The van der Waals surface area contributed by atoms with Gasteiger partial charge in [-0.15, -0.1) is 0 Å². The van der Waals surface area contributed by atoms with Crippen molar-refractivity contribution >= 4 is 11.8 Å². The van der Waals surface area contributed by atoms with Crippen LogP contribution in [-0.4, -0.2) is 23.6 Å². The van der Waals surface area contributed by atoms with Crippen LogP contribution in [0.1, 0.15) is 32.6 Å². The Morgan fingerprint density at radius 3 is 2.42 bits per heavy atom. The van der Waals surface area contributed by atoms with Crippen LogP contribution in [0.2, 0.25) is 0 Å². The second-order valence-electron chi connectivity index (χ2n) is 4.18. The highest BCUT2D eigenvalue weighted by Crippen LogP contribution is 2.33. The van der Waals surface area contributed by atoms with Crippen LogP contribution in [0.15, 0.2) is 0 Å². The van der Waals surface area contributed by atoms with Gasteiger partial charge >= 0.3 is 0 Å². The zero-order valence-corrected chi connectivity index (χ0v) is 8.70. The summed E-state index contributed by atoms with van der Waals surface area (Å²) in [5.74, 6) is 3.75. The topological polar surface area (TPSA) is 12.0 Å². The molecule has 1 saturated heterocycles. The van der Waals surface area contributed by atoms with Crippen molar-refractivity contribution in [3.8, 4) is 0 Å². The minimum Gasteiger partial charge on any atom is -0.311 e. The zero-order valence-electron chi connectivity index (χ0n) is 7.88. The van der Waals surface area contributed by atoms with Crippen molar-refractivity contribution in [2.45, 2.75) is 44.7 Å². The largest absolute Gasteiger partial charge is 0.311 e. The molecule has 70 valence electrons. The first kappa shape index (κ1) is 8.89. The van der Waals surface area contributed by atoms with Crippen LogP contribution in [0.25, 0.3) is 0 Å². The lowest BCUT2D eigenvalue weighted by Crippen LogP contribution is -2.39. The average Bonchev–Trinajstić information content (AvgIpc) is 2.88. The second-order valence-corrected chi connectivity index (χ2v) is 5.40. The monoisotopic (exact) mass is 185 g/mol. The molecular formula is C10H19NS. The van der Waals surface area contributed by atoms with E-state index in [0.29, 0.717) is 0 Å². The van der Waals surface area contributed by atoms with E-state index >= 15 is 0 Å². The van der Waals surface area contributed by atoms with E-state index in [0.717, 1.165) is 18.0 Å². The molecule has 0 amide bonds. The van der Waals surface area contributed by atoms with E-state index in [-0.39, 0.29) is 0 Å². The van der Waals surface area contributed by atoms with Gasteiger partial charge in [0.2, 0.25) is 0 Å². The van der Waals surface area contributed by atoms with Crippen molar-refractivity contribution in [1.29, 1.82) is 0 Å². The molecule has 2 heteroatoms. The first-order chi connectivity index (χ1) is 5.86. The quantitative estimate of drug-likeness (QED) is 0.724. The van der Waals surface area contributed by atoms with Crippen molar-refractivity contribution in [2.24, 2.45) is 5.92 Å². The van der Waals surface area contributed by atoms with Gasteiger partial charge in [0.15, 0.2) is 0 Å². The predicted octanol–water partition coefficient (Wildman–Crippen LogP) is 2.27. The van der Waals surface area contributed by atoms with Gasteiger partial charge in [0.1, 0.15) is 0 Å². The predicted molar refractivity (Wildman–Crippen MR) is 55.7 cm³/mol. The molecule has 2 rings (SSSR count). The molecule has 0 bridgehead atoms. The van der Waals surface area contributed by atoms with Crippen LogP contribution in [-0.2, 0) is 0 Å². The number of hydrogen-bond acceptors (Lipinski definition) is 2. The fourth-order valence-electron chi connectivity index (χ4n) is 1.97. The third kappa shape index (κ3) is 2.40. The first-order valence-corrected chi connectivity index (χ1v) is 6.35. The van der Waals surface area contributed by atoms with Crippen molar-refractivity contribution in [3.63, 3.8) is 0 Å². The fraction of sp³-hybridized carbons (Fsp3) is 1.00. The fourth-order valence-corrected chi connectivity index (χ4v) is 3.07. The summed E-state index contributed by atoms with van der Waals surface area (Å²) in [7, 11) is 0. The van der Waals surface area contributed by atoms with Crippen molar-refractivity contribution in [2.75, 3.05) is 11.5 Å². The molecule has 0 aromatic rings. The molecule has 1 nitrogen and oxygen atoms in total. The minimum absolute atomic E-state index is 0.790. The molecule has 12 heavy (non-hydrogen) atoms. The maximum Gasteiger partial charge on any atom is 0.00853 e. The normalized spacial score (nSPS) is 28.8. The third-order valence-electron chi connectivity index (χ3n) is 3.05. The Morgan fingerprint density at radius 1 is 1.17 bits per heavy atom. The summed E-state index contributed by atoms with van der Waals surface area (Å²) in [6.45, 7) is 2.36. The van der Waals surface area contributed by atoms with E-state index < -0.39 is 0 Å². The molecule has 1 aliphatic heterocycles. The lowest BCUT2D eigenvalue weighted by atomic mass is 10.1. The molecule has 0 radical (unpaired) electrons. The number of hydrogen-bond donors (Lipinski definition) is 1. The van der Waals surface area contributed by atoms with Gasteiger partial charge in [-0.3, -0.25) is 0 Å². The Morgan fingerprint density at radius 2 is 1.83 bits per heavy atom. The highest BCUT2D eigenvalue weighted by molar-refractivity contribution is 7.99. The van der Waals surface area contributed by atoms with Gasteiger partial charge in [-0.2, -0.15) is 11.8 Å². The Kier molecular flexibility index (Phi) is 2.97. The molecule has 1 atom stereocenters. The number of rotatable bonds is 3. The molecule has 1 N–H and O–H groups in total. The number of thioether (sulfide) groups is 1. The molecule has 1 saturated carbocycles. The Labute approximate surface area is 79.7 Å². The van der Waals surface area contributed by atoms with Crippen LogP contribution in [0.3, 0.4) is 0 Å². The van der Waals surface area contributed by atoms with Crippen LogP contribution < -0.4 is 5.32 Å². The Balaban J connectivity index is 1.69. The van der Waals surface area contributed by atoms with E-state index in [9.17, 15) is 0 Å². The molecule has 1 aliphatic carbocycles. The average molecular weight is 185 g/mol. The first-order valence-electron chi connectivity index (χ1n) is 5.20. The zero-order chi connectivity index (χ0) is 8.39. The van der Waals surface area contributed by atoms with E-state index in [1.54, 1.807) is 0 Å². The van der Waals surface area contributed by atoms with Crippen LogP contribution >= 0.6 is 11.8 Å². The Bertz CT molecular complexity index is 139. The van der Waals surface area contributed by atoms with Crippen molar-refractivity contribution < 1.29 is 0 Å². The highest BCUT2D eigenvalue weighted by Gasteiger charge is 2.29.